The second-order valence-electron chi connectivity index (χ2n) is 4.70. The highest BCUT2D eigenvalue weighted by Gasteiger charge is 2.15. The van der Waals surface area contributed by atoms with E-state index in [0.29, 0.717) is 0 Å². The average Bonchev–Trinajstić information content (AvgIpc) is 2.92. The first-order valence-corrected chi connectivity index (χ1v) is 7.38. The van der Waals surface area contributed by atoms with Crippen LogP contribution in [0.2, 0.25) is 0 Å². The van der Waals surface area contributed by atoms with Crippen molar-refractivity contribution in [2.75, 3.05) is 18.4 Å². The summed E-state index contributed by atoms with van der Waals surface area (Å²) < 4.78 is 0. The van der Waals surface area contributed by atoms with Gasteiger partial charge in [0.2, 0.25) is 0 Å². The number of amides is 1. The van der Waals surface area contributed by atoms with E-state index in [1.165, 1.54) is 23.7 Å². The molecule has 1 amide bonds. The number of aromatic amines is 1. The van der Waals surface area contributed by atoms with E-state index in [-0.39, 0.29) is 5.91 Å². The summed E-state index contributed by atoms with van der Waals surface area (Å²) in [5, 5.41) is 13.4. The van der Waals surface area contributed by atoms with Gasteiger partial charge in [0, 0.05) is 29.2 Å². The van der Waals surface area contributed by atoms with Crippen molar-refractivity contribution in [3.05, 3.63) is 41.7 Å². The van der Waals surface area contributed by atoms with Gasteiger partial charge in [-0.3, -0.25) is 9.89 Å². The fraction of sp³-hybridized carbons (Fsp3) is 0.214. The number of nitrogens with one attached hydrogen (secondary N) is 3. The van der Waals surface area contributed by atoms with Gasteiger partial charge in [0.25, 0.3) is 5.91 Å². The number of aromatic nitrogens is 3. The quantitative estimate of drug-likeness (QED) is 0.750. The second-order valence-corrected chi connectivity index (χ2v) is 5.77. The number of rotatable bonds is 4. The Morgan fingerprint density at radius 2 is 2.05 bits per heavy atom. The van der Waals surface area contributed by atoms with Gasteiger partial charge in [0.15, 0.2) is 5.16 Å². The molecule has 0 saturated carbocycles. The lowest BCUT2D eigenvalue weighted by Gasteiger charge is -2.21. The monoisotopic (exact) mass is 301 g/mol. The van der Waals surface area contributed by atoms with Crippen molar-refractivity contribution in [1.82, 2.24) is 20.5 Å². The molecule has 1 aliphatic rings. The number of carbonyl (C=O) groups excluding carboxylic acids is 1. The minimum Gasteiger partial charge on any atom is -0.322 e. The molecule has 108 valence electrons. The number of carbonyl (C=O) groups is 1. The molecule has 2 heterocycles. The number of anilines is 1. The van der Waals surface area contributed by atoms with Crippen LogP contribution in [0.15, 0.2) is 51.8 Å². The molecule has 3 rings (SSSR count). The Balaban J connectivity index is 1.63. The maximum absolute atomic E-state index is 12.1. The van der Waals surface area contributed by atoms with Gasteiger partial charge in [-0.15, -0.1) is 0 Å². The number of nitrogens with zero attached hydrogens (tertiary/aromatic N) is 2. The van der Waals surface area contributed by atoms with Crippen molar-refractivity contribution in [1.29, 1.82) is 0 Å². The summed E-state index contributed by atoms with van der Waals surface area (Å²) in [4.78, 5) is 17.1. The third-order valence-corrected chi connectivity index (χ3v) is 4.17. The normalized spacial score (nSPS) is 13.7. The van der Waals surface area contributed by atoms with Crippen LogP contribution < -0.4 is 10.6 Å². The Bertz CT molecular complexity index is 657. The third kappa shape index (κ3) is 3.32. The van der Waals surface area contributed by atoms with Crippen molar-refractivity contribution in [2.45, 2.75) is 17.0 Å². The maximum Gasteiger partial charge on any atom is 0.251 e. The van der Waals surface area contributed by atoms with Crippen LogP contribution >= 0.6 is 11.8 Å². The first kappa shape index (κ1) is 13.8. The minimum atomic E-state index is -0.0397. The zero-order valence-electron chi connectivity index (χ0n) is 11.5. The first-order valence-electron chi connectivity index (χ1n) is 6.56. The summed E-state index contributed by atoms with van der Waals surface area (Å²) in [6.45, 7) is 3.48. The lowest BCUT2D eigenvalue weighted by molar-refractivity contribution is -0.112. The molecule has 3 N–H and O–H groups in total. The first-order chi connectivity index (χ1) is 10.2. The highest BCUT2D eigenvalue weighted by atomic mass is 32.2. The van der Waals surface area contributed by atoms with Gasteiger partial charge in [-0.05, 0) is 36.8 Å². The van der Waals surface area contributed by atoms with Crippen LogP contribution in [-0.2, 0) is 4.79 Å². The van der Waals surface area contributed by atoms with E-state index in [9.17, 15) is 4.79 Å². The molecule has 2 aromatic rings. The number of hydrogen-bond donors (Lipinski definition) is 3. The van der Waals surface area contributed by atoms with Gasteiger partial charge < -0.3 is 10.6 Å². The molecule has 1 aromatic heterocycles. The van der Waals surface area contributed by atoms with E-state index in [2.05, 4.69) is 25.8 Å². The van der Waals surface area contributed by atoms with E-state index < -0.39 is 0 Å². The fourth-order valence-electron chi connectivity index (χ4n) is 1.86. The predicted molar refractivity (Wildman–Crippen MR) is 81.1 cm³/mol. The molecule has 0 spiro atoms. The molecule has 21 heavy (non-hydrogen) atoms. The maximum atomic E-state index is 12.1. The molecule has 0 radical (unpaired) electrons. The summed E-state index contributed by atoms with van der Waals surface area (Å²) >= 11 is 1.49. The van der Waals surface area contributed by atoms with Crippen LogP contribution in [0.3, 0.4) is 0 Å². The van der Waals surface area contributed by atoms with Gasteiger partial charge in [0.05, 0.1) is 0 Å². The Labute approximate surface area is 126 Å². The summed E-state index contributed by atoms with van der Waals surface area (Å²) in [5.74, 6) is -0.0397. The predicted octanol–water partition coefficient (Wildman–Crippen LogP) is 1.81. The SMILES string of the molecule is CC(C(=O)Nc1ccc(Sc2ncn[nH]2)cc1)=C1CNC1. The zero-order chi connectivity index (χ0) is 14.7. The van der Waals surface area contributed by atoms with Gasteiger partial charge in [-0.2, -0.15) is 5.10 Å². The standard InChI is InChI=1S/C14H15N5OS/c1-9(10-6-15-7-10)13(20)18-11-2-4-12(5-3-11)21-14-16-8-17-19-14/h2-5,8,15H,6-7H2,1H3,(H,18,20)(H,16,17,19). The molecule has 1 aromatic carbocycles. The molecule has 7 heteroatoms. The smallest absolute Gasteiger partial charge is 0.251 e. The Hall–Kier alpha value is -2.12. The lowest BCUT2D eigenvalue weighted by atomic mass is 10.0. The van der Waals surface area contributed by atoms with E-state index in [1.54, 1.807) is 0 Å². The van der Waals surface area contributed by atoms with Crippen LogP contribution in [0.4, 0.5) is 5.69 Å². The number of benzene rings is 1. The van der Waals surface area contributed by atoms with Crippen molar-refractivity contribution in [2.24, 2.45) is 0 Å². The van der Waals surface area contributed by atoms with Crippen LogP contribution in [0.5, 0.6) is 0 Å². The summed E-state index contributed by atoms with van der Waals surface area (Å²) in [7, 11) is 0. The third-order valence-electron chi connectivity index (χ3n) is 3.27. The summed E-state index contributed by atoms with van der Waals surface area (Å²) in [6, 6.07) is 7.65. The highest BCUT2D eigenvalue weighted by Crippen LogP contribution is 2.25. The molecule has 0 bridgehead atoms. The number of H-pyrrole nitrogens is 1. The van der Waals surface area contributed by atoms with E-state index in [1.807, 2.05) is 31.2 Å². The molecular weight excluding hydrogens is 286 g/mol. The van der Waals surface area contributed by atoms with Gasteiger partial charge in [-0.1, -0.05) is 11.8 Å². The second kappa shape index (κ2) is 6.11. The Morgan fingerprint density at radius 1 is 1.29 bits per heavy atom. The van der Waals surface area contributed by atoms with Gasteiger partial charge >= 0.3 is 0 Å². The van der Waals surface area contributed by atoms with Crippen LogP contribution in [-0.4, -0.2) is 34.2 Å². The Morgan fingerprint density at radius 3 is 2.62 bits per heavy atom. The average molecular weight is 301 g/mol. The van der Waals surface area contributed by atoms with Crippen molar-refractivity contribution < 1.29 is 4.79 Å². The lowest BCUT2D eigenvalue weighted by Crippen LogP contribution is -2.36. The molecular formula is C14H15N5OS. The van der Waals surface area contributed by atoms with Crippen molar-refractivity contribution in [3.8, 4) is 0 Å². The van der Waals surface area contributed by atoms with E-state index in [0.717, 1.165) is 34.4 Å². The molecule has 1 aliphatic heterocycles. The van der Waals surface area contributed by atoms with Crippen molar-refractivity contribution >= 4 is 23.4 Å². The van der Waals surface area contributed by atoms with E-state index >= 15 is 0 Å². The molecule has 0 aliphatic carbocycles. The molecule has 1 saturated heterocycles. The summed E-state index contributed by atoms with van der Waals surface area (Å²) in [6.07, 6.45) is 1.47. The molecule has 6 nitrogen and oxygen atoms in total. The topological polar surface area (TPSA) is 82.7 Å². The molecule has 0 atom stereocenters. The Kier molecular flexibility index (Phi) is 4.03. The fourth-order valence-corrected chi connectivity index (χ4v) is 2.56. The van der Waals surface area contributed by atoms with Gasteiger partial charge in [-0.25, -0.2) is 4.98 Å². The van der Waals surface area contributed by atoms with E-state index in [4.69, 9.17) is 0 Å². The molecule has 0 unspecified atom stereocenters. The van der Waals surface area contributed by atoms with Crippen LogP contribution in [0.1, 0.15) is 6.92 Å². The number of hydrogen-bond acceptors (Lipinski definition) is 5. The zero-order valence-corrected chi connectivity index (χ0v) is 12.3. The van der Waals surface area contributed by atoms with Gasteiger partial charge in [0.1, 0.15) is 6.33 Å². The summed E-state index contributed by atoms with van der Waals surface area (Å²) in [5.41, 5.74) is 2.76. The van der Waals surface area contributed by atoms with Crippen LogP contribution in [0, 0.1) is 0 Å². The largest absolute Gasteiger partial charge is 0.322 e. The minimum absolute atomic E-state index is 0.0397. The van der Waals surface area contributed by atoms with Crippen molar-refractivity contribution in [3.63, 3.8) is 0 Å². The van der Waals surface area contributed by atoms with Crippen LogP contribution in [0.25, 0.3) is 0 Å². The highest BCUT2D eigenvalue weighted by molar-refractivity contribution is 7.99. The molecule has 1 fully saturated rings.